The number of rotatable bonds is 1. The van der Waals surface area contributed by atoms with E-state index in [1.54, 1.807) is 13.1 Å². The van der Waals surface area contributed by atoms with Crippen LogP contribution >= 0.6 is 11.6 Å². The van der Waals surface area contributed by atoms with Gasteiger partial charge in [0.2, 0.25) is 0 Å². The van der Waals surface area contributed by atoms with E-state index < -0.39 is 5.97 Å². The zero-order valence-corrected chi connectivity index (χ0v) is 7.50. The Hall–Kier alpha value is -1.42. The van der Waals surface area contributed by atoms with Gasteiger partial charge in [0.15, 0.2) is 10.8 Å². The van der Waals surface area contributed by atoms with E-state index in [4.69, 9.17) is 21.1 Å². The number of carboxylic acids is 1. The van der Waals surface area contributed by atoms with Crippen molar-refractivity contribution in [3.63, 3.8) is 0 Å². The lowest BCUT2D eigenvalue weighted by molar-refractivity contribution is 0.0687. The maximum Gasteiger partial charge on any atom is 0.352 e. The van der Waals surface area contributed by atoms with Gasteiger partial charge in [-0.15, -0.1) is 0 Å². The standard InChI is InChI=1S/C8H6ClNO3/c1-10-4-3-7(9)13-6(4)2-5(10)8(11)12/h2-3H,1H3,(H,11,12). The lowest BCUT2D eigenvalue weighted by Gasteiger charge is -1.95. The molecule has 0 fully saturated rings. The van der Waals surface area contributed by atoms with Crippen LogP contribution < -0.4 is 0 Å². The monoisotopic (exact) mass is 199 g/mol. The molecule has 4 nitrogen and oxygen atoms in total. The van der Waals surface area contributed by atoms with Crippen molar-refractivity contribution in [2.24, 2.45) is 7.05 Å². The Morgan fingerprint density at radius 1 is 1.62 bits per heavy atom. The predicted molar refractivity (Wildman–Crippen MR) is 47.2 cm³/mol. The van der Waals surface area contributed by atoms with Gasteiger partial charge in [-0.1, -0.05) is 0 Å². The molecule has 0 aliphatic carbocycles. The molecule has 1 N–H and O–H groups in total. The van der Waals surface area contributed by atoms with Crippen LogP contribution in [0.2, 0.25) is 5.22 Å². The van der Waals surface area contributed by atoms with E-state index in [1.165, 1.54) is 10.6 Å². The Kier molecular flexibility index (Phi) is 1.60. The molecule has 0 aromatic carbocycles. The molecule has 0 radical (unpaired) electrons. The topological polar surface area (TPSA) is 55.4 Å². The van der Waals surface area contributed by atoms with Crippen LogP contribution in [0.4, 0.5) is 0 Å². The number of furan rings is 1. The summed E-state index contributed by atoms with van der Waals surface area (Å²) in [7, 11) is 1.65. The highest BCUT2D eigenvalue weighted by Gasteiger charge is 2.14. The molecule has 0 amide bonds. The Bertz CT molecular complexity index is 483. The van der Waals surface area contributed by atoms with Crippen LogP contribution in [0.3, 0.4) is 0 Å². The van der Waals surface area contributed by atoms with Gasteiger partial charge >= 0.3 is 5.97 Å². The molecule has 0 saturated heterocycles. The molecular weight excluding hydrogens is 194 g/mol. The number of aryl methyl sites for hydroxylation is 1. The minimum atomic E-state index is -0.981. The average Bonchev–Trinajstić information content (AvgIpc) is 2.51. The first kappa shape index (κ1) is 8.19. The molecule has 0 bridgehead atoms. The van der Waals surface area contributed by atoms with Gasteiger partial charge in [0.25, 0.3) is 0 Å². The summed E-state index contributed by atoms with van der Waals surface area (Å²) in [6.07, 6.45) is 0. The number of hydrogen-bond acceptors (Lipinski definition) is 2. The van der Waals surface area contributed by atoms with Gasteiger partial charge in [0, 0.05) is 19.2 Å². The van der Waals surface area contributed by atoms with Crippen LogP contribution in [-0.4, -0.2) is 15.6 Å². The highest BCUT2D eigenvalue weighted by molar-refractivity contribution is 6.29. The highest BCUT2D eigenvalue weighted by atomic mass is 35.5. The molecule has 2 aromatic heterocycles. The summed E-state index contributed by atoms with van der Waals surface area (Å²) in [5.74, 6) is -0.981. The number of hydrogen-bond donors (Lipinski definition) is 1. The van der Waals surface area contributed by atoms with Gasteiger partial charge in [-0.25, -0.2) is 4.79 Å². The van der Waals surface area contributed by atoms with Crippen molar-refractivity contribution >= 4 is 28.7 Å². The van der Waals surface area contributed by atoms with E-state index in [1.807, 2.05) is 0 Å². The molecule has 0 unspecified atom stereocenters. The number of nitrogens with zero attached hydrogens (tertiary/aromatic N) is 1. The Morgan fingerprint density at radius 2 is 2.31 bits per heavy atom. The molecule has 5 heteroatoms. The number of carboxylic acid groups (broad SMARTS) is 1. The van der Waals surface area contributed by atoms with Crippen molar-refractivity contribution in [2.45, 2.75) is 0 Å². The second kappa shape index (κ2) is 2.53. The second-order valence-electron chi connectivity index (χ2n) is 2.69. The van der Waals surface area contributed by atoms with Gasteiger partial charge in [-0.05, 0) is 11.6 Å². The van der Waals surface area contributed by atoms with Gasteiger partial charge in [0.05, 0.1) is 5.52 Å². The number of aromatic nitrogens is 1. The molecular formula is C8H6ClNO3. The summed E-state index contributed by atoms with van der Waals surface area (Å²) in [5.41, 5.74) is 1.36. The SMILES string of the molecule is Cn1c(C(=O)O)cc2oc(Cl)cc21. The lowest BCUT2D eigenvalue weighted by atomic mass is 10.4. The smallest absolute Gasteiger partial charge is 0.352 e. The summed E-state index contributed by atoms with van der Waals surface area (Å²) >= 11 is 5.60. The van der Waals surface area contributed by atoms with Crippen LogP contribution in [-0.2, 0) is 7.05 Å². The predicted octanol–water partition coefficient (Wildman–Crippen LogP) is 2.12. The van der Waals surface area contributed by atoms with E-state index in [-0.39, 0.29) is 10.9 Å². The van der Waals surface area contributed by atoms with Gasteiger partial charge in [-0.2, -0.15) is 0 Å². The normalized spacial score (nSPS) is 10.9. The van der Waals surface area contributed by atoms with Crippen molar-refractivity contribution in [1.29, 1.82) is 0 Å². The molecule has 68 valence electrons. The van der Waals surface area contributed by atoms with Gasteiger partial charge in [0.1, 0.15) is 5.69 Å². The fourth-order valence-corrected chi connectivity index (χ4v) is 1.47. The molecule has 13 heavy (non-hydrogen) atoms. The number of halogens is 1. The maximum atomic E-state index is 10.7. The largest absolute Gasteiger partial charge is 0.477 e. The summed E-state index contributed by atoms with van der Waals surface area (Å²) in [5, 5.41) is 9.02. The molecule has 0 spiro atoms. The minimum Gasteiger partial charge on any atom is -0.477 e. The Balaban J connectivity index is 2.76. The summed E-state index contributed by atoms with van der Waals surface area (Å²) in [6.45, 7) is 0. The van der Waals surface area contributed by atoms with E-state index in [2.05, 4.69) is 0 Å². The Morgan fingerprint density at radius 3 is 2.85 bits per heavy atom. The van der Waals surface area contributed by atoms with Crippen molar-refractivity contribution in [3.8, 4) is 0 Å². The molecule has 2 rings (SSSR count). The van der Waals surface area contributed by atoms with Crippen LogP contribution in [0.15, 0.2) is 16.5 Å². The molecule has 2 heterocycles. The number of fused-ring (bicyclic) bond motifs is 1. The fourth-order valence-electron chi connectivity index (χ4n) is 1.29. The molecule has 0 aliphatic heterocycles. The van der Waals surface area contributed by atoms with E-state index in [9.17, 15) is 4.79 Å². The first-order valence-electron chi connectivity index (χ1n) is 3.57. The molecule has 0 saturated carbocycles. The van der Waals surface area contributed by atoms with Gasteiger partial charge < -0.3 is 14.1 Å². The van der Waals surface area contributed by atoms with Gasteiger partial charge in [-0.3, -0.25) is 0 Å². The van der Waals surface area contributed by atoms with Crippen molar-refractivity contribution in [1.82, 2.24) is 4.57 Å². The average molecular weight is 200 g/mol. The van der Waals surface area contributed by atoms with Crippen LogP contribution in [0.1, 0.15) is 10.5 Å². The van der Waals surface area contributed by atoms with Crippen LogP contribution in [0.5, 0.6) is 0 Å². The third kappa shape index (κ3) is 1.10. The quantitative estimate of drug-likeness (QED) is 0.766. The van der Waals surface area contributed by atoms with Crippen LogP contribution in [0, 0.1) is 0 Å². The van der Waals surface area contributed by atoms with E-state index in [0.717, 1.165) is 0 Å². The fraction of sp³-hybridized carbons (Fsp3) is 0.125. The summed E-state index contributed by atoms with van der Waals surface area (Å²) in [6, 6.07) is 3.03. The zero-order valence-electron chi connectivity index (χ0n) is 6.74. The van der Waals surface area contributed by atoms with Crippen LogP contribution in [0.25, 0.3) is 11.1 Å². The lowest BCUT2D eigenvalue weighted by Crippen LogP contribution is -2.03. The summed E-state index contributed by atoms with van der Waals surface area (Å²) in [4.78, 5) is 10.7. The third-order valence-corrected chi connectivity index (χ3v) is 2.11. The summed E-state index contributed by atoms with van der Waals surface area (Å²) < 4.78 is 6.58. The van der Waals surface area contributed by atoms with Crippen molar-refractivity contribution in [3.05, 3.63) is 23.0 Å². The van der Waals surface area contributed by atoms with Crippen molar-refractivity contribution in [2.75, 3.05) is 0 Å². The highest BCUT2D eigenvalue weighted by Crippen LogP contribution is 2.25. The second-order valence-corrected chi connectivity index (χ2v) is 3.07. The van der Waals surface area contributed by atoms with E-state index >= 15 is 0 Å². The zero-order chi connectivity index (χ0) is 9.59. The third-order valence-electron chi connectivity index (χ3n) is 1.92. The Labute approximate surface area is 78.3 Å². The van der Waals surface area contributed by atoms with Crippen molar-refractivity contribution < 1.29 is 14.3 Å². The van der Waals surface area contributed by atoms with E-state index in [0.29, 0.717) is 11.1 Å². The number of carbonyl (C=O) groups is 1. The molecule has 2 aromatic rings. The first-order valence-corrected chi connectivity index (χ1v) is 3.95. The molecule has 0 atom stereocenters. The molecule has 0 aliphatic rings. The maximum absolute atomic E-state index is 10.7. The number of aromatic carboxylic acids is 1. The first-order chi connectivity index (χ1) is 6.09. The minimum absolute atomic E-state index is 0.186.